The van der Waals surface area contributed by atoms with Gasteiger partial charge in [0.25, 0.3) is 0 Å². The molecule has 1 atom stereocenters. The normalized spacial score (nSPS) is 17.5. The molecule has 1 fully saturated rings. The van der Waals surface area contributed by atoms with Crippen LogP contribution in [0.25, 0.3) is 0 Å². The molecule has 1 heterocycles. The van der Waals surface area contributed by atoms with Crippen LogP contribution >= 0.6 is 11.3 Å². The first-order chi connectivity index (χ1) is 9.82. The van der Waals surface area contributed by atoms with E-state index in [2.05, 4.69) is 46.9 Å². The average Bonchev–Trinajstić information content (AvgIpc) is 3.10. The molecule has 4 heteroatoms. The fourth-order valence-corrected chi connectivity index (χ4v) is 3.90. The minimum absolute atomic E-state index is 0.0864. The highest BCUT2D eigenvalue weighted by molar-refractivity contribution is 7.11. The molecule has 1 aromatic heterocycles. The molecule has 0 saturated heterocycles. The number of hydrogen-bond donors (Lipinski definition) is 1. The molecule has 1 unspecified atom stereocenters. The smallest absolute Gasteiger partial charge is 0.122 e. The van der Waals surface area contributed by atoms with Crippen molar-refractivity contribution in [2.24, 2.45) is 5.92 Å². The Kier molecular flexibility index (Phi) is 5.44. The fraction of sp³-hybridized carbons (Fsp3) is 0.824. The van der Waals surface area contributed by atoms with E-state index in [-0.39, 0.29) is 11.5 Å². The van der Waals surface area contributed by atoms with E-state index in [1.54, 1.807) is 0 Å². The number of aromatic nitrogens is 1. The zero-order chi connectivity index (χ0) is 15.6. The summed E-state index contributed by atoms with van der Waals surface area (Å²) in [6, 6.07) is 0.733. The molecule has 120 valence electrons. The van der Waals surface area contributed by atoms with Crippen molar-refractivity contribution in [2.75, 3.05) is 6.61 Å². The van der Waals surface area contributed by atoms with Gasteiger partial charge in [0.2, 0.25) is 0 Å². The van der Waals surface area contributed by atoms with Crippen molar-refractivity contribution >= 4 is 11.3 Å². The maximum absolute atomic E-state index is 5.94. The Bertz CT molecular complexity index is 458. The van der Waals surface area contributed by atoms with Crippen molar-refractivity contribution in [2.45, 2.75) is 78.5 Å². The third-order valence-electron chi connectivity index (χ3n) is 3.75. The summed E-state index contributed by atoms with van der Waals surface area (Å²) in [7, 11) is 0. The van der Waals surface area contributed by atoms with Crippen LogP contribution in [0, 0.1) is 5.92 Å². The van der Waals surface area contributed by atoms with Crippen molar-refractivity contribution < 1.29 is 4.74 Å². The molecule has 0 aromatic carbocycles. The van der Waals surface area contributed by atoms with E-state index in [0.717, 1.165) is 24.2 Å². The number of thiazole rings is 1. The Hall–Kier alpha value is -0.450. The molecular weight excluding hydrogens is 280 g/mol. The largest absolute Gasteiger partial charge is 0.371 e. The molecule has 0 radical (unpaired) electrons. The van der Waals surface area contributed by atoms with Gasteiger partial charge in [0.15, 0.2) is 0 Å². The average molecular weight is 311 g/mol. The summed E-state index contributed by atoms with van der Waals surface area (Å²) < 4.78 is 5.94. The molecule has 1 saturated carbocycles. The topological polar surface area (TPSA) is 34.1 Å². The van der Waals surface area contributed by atoms with Crippen molar-refractivity contribution in [1.29, 1.82) is 0 Å². The van der Waals surface area contributed by atoms with Gasteiger partial charge in [-0.25, -0.2) is 4.98 Å². The molecular formula is C17H30N2OS. The minimum atomic E-state index is 0.0864. The summed E-state index contributed by atoms with van der Waals surface area (Å²) in [4.78, 5) is 6.36. The predicted octanol–water partition coefficient (Wildman–Crippen LogP) is 4.43. The lowest BCUT2D eigenvalue weighted by molar-refractivity contribution is 0.0291. The van der Waals surface area contributed by atoms with Crippen LogP contribution in [0.3, 0.4) is 0 Å². The van der Waals surface area contributed by atoms with Crippen LogP contribution in [0.15, 0.2) is 0 Å². The summed E-state index contributed by atoms with van der Waals surface area (Å²) in [5, 5.41) is 4.77. The highest BCUT2D eigenvalue weighted by Gasteiger charge is 2.29. The van der Waals surface area contributed by atoms with E-state index < -0.39 is 0 Å². The molecule has 0 aliphatic heterocycles. The van der Waals surface area contributed by atoms with Crippen LogP contribution < -0.4 is 5.32 Å². The Balaban J connectivity index is 2.24. The lowest BCUT2D eigenvalue weighted by Gasteiger charge is -2.19. The Labute approximate surface area is 133 Å². The molecule has 0 spiro atoms. The second kappa shape index (κ2) is 6.76. The van der Waals surface area contributed by atoms with Gasteiger partial charge >= 0.3 is 0 Å². The maximum Gasteiger partial charge on any atom is 0.122 e. The van der Waals surface area contributed by atoms with E-state index in [9.17, 15) is 0 Å². The van der Waals surface area contributed by atoms with Gasteiger partial charge in [-0.15, -0.1) is 11.3 Å². The van der Waals surface area contributed by atoms with Crippen LogP contribution in [-0.2, 0) is 16.7 Å². The number of rotatable bonds is 7. The minimum Gasteiger partial charge on any atom is -0.371 e. The van der Waals surface area contributed by atoms with Crippen LogP contribution in [0.1, 0.15) is 76.1 Å². The Morgan fingerprint density at radius 1 is 1.33 bits per heavy atom. The second-order valence-electron chi connectivity index (χ2n) is 7.35. The first-order valence-electron chi connectivity index (χ1n) is 8.18. The van der Waals surface area contributed by atoms with Gasteiger partial charge in [-0.3, -0.25) is 0 Å². The van der Waals surface area contributed by atoms with Crippen molar-refractivity contribution in [3.8, 4) is 0 Å². The molecule has 1 aliphatic rings. The van der Waals surface area contributed by atoms with Gasteiger partial charge in [0, 0.05) is 29.5 Å². The zero-order valence-electron chi connectivity index (χ0n) is 14.3. The summed E-state index contributed by atoms with van der Waals surface area (Å²) in [6.07, 6.45) is 2.77. The summed E-state index contributed by atoms with van der Waals surface area (Å²) in [5.41, 5.74) is 1.32. The molecule has 1 aliphatic carbocycles. The van der Waals surface area contributed by atoms with Gasteiger partial charge in [-0.1, -0.05) is 34.6 Å². The third kappa shape index (κ3) is 4.51. The highest BCUT2D eigenvalue weighted by Crippen LogP contribution is 2.36. The maximum atomic E-state index is 5.94. The van der Waals surface area contributed by atoms with Crippen LogP contribution in [0.2, 0.25) is 0 Å². The molecule has 1 aromatic rings. The van der Waals surface area contributed by atoms with Gasteiger partial charge in [0.1, 0.15) is 11.1 Å². The number of nitrogens with one attached hydrogen (secondary N) is 1. The highest BCUT2D eigenvalue weighted by atomic mass is 32.1. The van der Waals surface area contributed by atoms with Crippen molar-refractivity contribution in [3.05, 3.63) is 15.6 Å². The Morgan fingerprint density at radius 2 is 2.00 bits per heavy atom. The van der Waals surface area contributed by atoms with E-state index >= 15 is 0 Å². The first kappa shape index (κ1) is 16.9. The summed E-state index contributed by atoms with van der Waals surface area (Å²) in [6.45, 7) is 14.9. The van der Waals surface area contributed by atoms with Crippen molar-refractivity contribution in [1.82, 2.24) is 10.3 Å². The standard InChI is InChI=1S/C17H30N2OS/c1-7-20-14(11(2)3)16-19-15(17(4,5)6)13(21-16)10-18-12-8-9-12/h11-12,14,18H,7-10H2,1-6H3. The zero-order valence-corrected chi connectivity index (χ0v) is 15.1. The van der Waals surface area contributed by atoms with Gasteiger partial charge in [-0.05, 0) is 25.7 Å². The first-order valence-corrected chi connectivity index (χ1v) is 8.99. The molecule has 3 nitrogen and oxygen atoms in total. The summed E-state index contributed by atoms with van der Waals surface area (Å²) >= 11 is 1.83. The van der Waals surface area contributed by atoms with E-state index in [1.807, 2.05) is 11.3 Å². The van der Waals surface area contributed by atoms with Crippen LogP contribution in [0.5, 0.6) is 0 Å². The van der Waals surface area contributed by atoms with Crippen molar-refractivity contribution in [3.63, 3.8) is 0 Å². The number of ether oxygens (including phenoxy) is 1. The lowest BCUT2D eigenvalue weighted by atomic mass is 9.91. The van der Waals surface area contributed by atoms with Gasteiger partial charge in [-0.2, -0.15) is 0 Å². The molecule has 21 heavy (non-hydrogen) atoms. The SMILES string of the molecule is CCOC(c1nc(C(C)(C)C)c(CNC2CC2)s1)C(C)C. The van der Waals surface area contributed by atoms with E-state index in [4.69, 9.17) is 9.72 Å². The fourth-order valence-electron chi connectivity index (χ4n) is 2.45. The third-order valence-corrected chi connectivity index (χ3v) is 4.86. The van der Waals surface area contributed by atoms with E-state index in [0.29, 0.717) is 5.92 Å². The lowest BCUT2D eigenvalue weighted by Crippen LogP contribution is -2.20. The number of nitrogens with zero attached hydrogens (tertiary/aromatic N) is 1. The molecule has 0 bridgehead atoms. The second-order valence-corrected chi connectivity index (χ2v) is 8.46. The Morgan fingerprint density at radius 3 is 2.48 bits per heavy atom. The quantitative estimate of drug-likeness (QED) is 0.809. The van der Waals surface area contributed by atoms with E-state index in [1.165, 1.54) is 23.4 Å². The summed E-state index contributed by atoms with van der Waals surface area (Å²) in [5.74, 6) is 0.452. The molecule has 0 amide bonds. The van der Waals surface area contributed by atoms with Crippen LogP contribution in [0.4, 0.5) is 0 Å². The predicted molar refractivity (Wildman–Crippen MR) is 89.9 cm³/mol. The van der Waals surface area contributed by atoms with Gasteiger partial charge in [0.05, 0.1) is 5.69 Å². The van der Waals surface area contributed by atoms with Crippen LogP contribution in [-0.4, -0.2) is 17.6 Å². The number of hydrogen-bond acceptors (Lipinski definition) is 4. The van der Waals surface area contributed by atoms with Gasteiger partial charge < -0.3 is 10.1 Å². The molecule has 2 rings (SSSR count). The molecule has 1 N–H and O–H groups in total. The monoisotopic (exact) mass is 310 g/mol.